The van der Waals surface area contributed by atoms with Crippen molar-refractivity contribution >= 4 is 40.1 Å². The van der Waals surface area contributed by atoms with Crippen LogP contribution in [0.25, 0.3) is 11.0 Å². The predicted molar refractivity (Wildman–Crippen MR) is 190 cm³/mol. The van der Waals surface area contributed by atoms with Crippen LogP contribution in [0.15, 0.2) is 47.5 Å². The van der Waals surface area contributed by atoms with Crippen molar-refractivity contribution in [3.8, 4) is 11.5 Å². The van der Waals surface area contributed by atoms with Gasteiger partial charge in [-0.25, -0.2) is 0 Å². The van der Waals surface area contributed by atoms with Gasteiger partial charge in [0.05, 0.1) is 30.6 Å². The fourth-order valence-corrected chi connectivity index (χ4v) is 5.51. The number of fused-ring (bicyclic) bond motifs is 1. The molecule has 0 aliphatic heterocycles. The second kappa shape index (κ2) is 15.1. The van der Waals surface area contributed by atoms with Crippen molar-refractivity contribution in [1.82, 2.24) is 18.9 Å². The summed E-state index contributed by atoms with van der Waals surface area (Å²) in [6.07, 6.45) is 5.58. The first-order chi connectivity index (χ1) is 23.1. The van der Waals surface area contributed by atoms with Crippen molar-refractivity contribution in [1.29, 1.82) is 0 Å². The second-order valence-electron chi connectivity index (χ2n) is 13.0. The van der Waals surface area contributed by atoms with Gasteiger partial charge in [-0.2, -0.15) is 10.1 Å². The quantitative estimate of drug-likeness (QED) is 0.0877. The number of benzene rings is 2. The molecule has 0 bridgehead atoms. The number of imidazole rings is 1. The van der Waals surface area contributed by atoms with Gasteiger partial charge in [-0.05, 0) is 62.4 Å². The number of primary amides is 2. The van der Waals surface area contributed by atoms with Gasteiger partial charge >= 0.3 is 0 Å². The number of rotatable bonds is 14. The Balaban J connectivity index is 1.67. The number of nitrogens with one attached hydrogen (secondary N) is 1. The summed E-state index contributed by atoms with van der Waals surface area (Å²) in [5, 5.41) is 7.67. The number of allylic oxidation sites excluding steroid dienone is 1. The number of carbonyl (C=O) groups is 3. The topological polar surface area (TPSA) is 200 Å². The Morgan fingerprint density at radius 2 is 1.69 bits per heavy atom. The van der Waals surface area contributed by atoms with Crippen LogP contribution < -0.4 is 37.6 Å². The number of methoxy groups -OCH3 is 1. The summed E-state index contributed by atoms with van der Waals surface area (Å²) in [4.78, 5) is 42.1. The molecule has 0 aliphatic rings. The molecule has 2 heterocycles. The van der Waals surface area contributed by atoms with E-state index in [2.05, 4.69) is 36.2 Å². The van der Waals surface area contributed by atoms with Crippen LogP contribution in [0.2, 0.25) is 0 Å². The van der Waals surface area contributed by atoms with Crippen LogP contribution in [-0.2, 0) is 20.1 Å². The summed E-state index contributed by atoms with van der Waals surface area (Å²) in [5.74, 6) is -0.844. The van der Waals surface area contributed by atoms with E-state index in [0.29, 0.717) is 70.6 Å². The van der Waals surface area contributed by atoms with Crippen LogP contribution in [0.4, 0.5) is 11.4 Å². The molecular formula is C35H47N9O5. The Kier molecular flexibility index (Phi) is 11.2. The van der Waals surface area contributed by atoms with E-state index in [1.54, 1.807) is 40.6 Å². The average Bonchev–Trinajstić information content (AvgIpc) is 3.55. The third-order valence-corrected chi connectivity index (χ3v) is 7.95. The summed E-state index contributed by atoms with van der Waals surface area (Å²) >= 11 is 0. The van der Waals surface area contributed by atoms with Crippen molar-refractivity contribution < 1.29 is 23.9 Å². The fourth-order valence-electron chi connectivity index (χ4n) is 5.51. The lowest BCUT2D eigenvalue weighted by atomic mass is 9.91. The van der Waals surface area contributed by atoms with Crippen LogP contribution in [0.3, 0.4) is 0 Å². The second-order valence-corrected chi connectivity index (χ2v) is 13.0. The number of amides is 3. The maximum atomic E-state index is 13.5. The average molecular weight is 674 g/mol. The van der Waals surface area contributed by atoms with E-state index in [9.17, 15) is 14.4 Å². The minimum atomic E-state index is -0.614. The largest absolute Gasteiger partial charge is 0.494 e. The van der Waals surface area contributed by atoms with E-state index in [0.717, 1.165) is 12.8 Å². The fraction of sp³-hybridized carbons (Fsp3) is 0.400. The van der Waals surface area contributed by atoms with Gasteiger partial charge in [-0.15, -0.1) is 0 Å². The number of aromatic nitrogens is 4. The highest BCUT2D eigenvalue weighted by Crippen LogP contribution is 2.33. The Hall–Kier alpha value is -5.53. The highest BCUT2D eigenvalue weighted by molar-refractivity contribution is 5.99. The van der Waals surface area contributed by atoms with Gasteiger partial charge < -0.3 is 41.1 Å². The zero-order chi connectivity index (χ0) is 36.0. The third kappa shape index (κ3) is 8.50. The van der Waals surface area contributed by atoms with Gasteiger partial charge in [0.15, 0.2) is 0 Å². The Labute approximate surface area is 285 Å². The van der Waals surface area contributed by atoms with Gasteiger partial charge in [-0.3, -0.25) is 19.1 Å². The van der Waals surface area contributed by atoms with Crippen molar-refractivity contribution in [2.75, 3.05) is 31.3 Å². The van der Waals surface area contributed by atoms with Crippen LogP contribution in [-0.4, -0.2) is 56.9 Å². The summed E-state index contributed by atoms with van der Waals surface area (Å²) in [6.45, 7) is 11.8. The molecule has 0 radical (unpaired) electrons. The lowest BCUT2D eigenvalue weighted by Gasteiger charge is -2.19. The number of carbonyl (C=O) groups excluding carboxylic acids is 3. The van der Waals surface area contributed by atoms with E-state index in [-0.39, 0.29) is 23.1 Å². The zero-order valence-corrected chi connectivity index (χ0v) is 29.3. The molecule has 0 fully saturated rings. The minimum absolute atomic E-state index is 0.164. The molecule has 4 rings (SSSR count). The Morgan fingerprint density at radius 1 is 1.02 bits per heavy atom. The van der Waals surface area contributed by atoms with E-state index in [1.807, 2.05) is 30.6 Å². The maximum absolute atomic E-state index is 13.5. The number of nitrogens with zero attached hydrogens (tertiary/aromatic N) is 5. The predicted octanol–water partition coefficient (Wildman–Crippen LogP) is 3.91. The first kappa shape index (κ1) is 36.3. The molecule has 49 heavy (non-hydrogen) atoms. The highest BCUT2D eigenvalue weighted by Gasteiger charge is 2.20. The number of ether oxygens (including phenoxy) is 2. The molecule has 3 amide bonds. The Bertz CT molecular complexity index is 1980. The summed E-state index contributed by atoms with van der Waals surface area (Å²) in [5.41, 5.74) is 21.6. The van der Waals surface area contributed by atoms with Crippen molar-refractivity contribution in [2.45, 2.75) is 60.5 Å². The molecule has 0 spiro atoms. The highest BCUT2D eigenvalue weighted by atomic mass is 16.5. The van der Waals surface area contributed by atoms with Crippen molar-refractivity contribution in [3.63, 3.8) is 0 Å². The minimum Gasteiger partial charge on any atom is -0.494 e. The van der Waals surface area contributed by atoms with Gasteiger partial charge in [-0.1, -0.05) is 32.9 Å². The molecule has 14 nitrogen and oxygen atoms in total. The van der Waals surface area contributed by atoms with Crippen LogP contribution >= 0.6 is 0 Å². The van der Waals surface area contributed by atoms with Crippen molar-refractivity contribution in [3.05, 3.63) is 70.6 Å². The molecule has 7 N–H and O–H groups in total. The summed E-state index contributed by atoms with van der Waals surface area (Å²) in [6, 6.07) is 8.02. The molecular weight excluding hydrogens is 626 g/mol. The van der Waals surface area contributed by atoms with Crippen molar-refractivity contribution in [2.24, 2.45) is 28.9 Å². The van der Waals surface area contributed by atoms with E-state index in [4.69, 9.17) is 26.7 Å². The van der Waals surface area contributed by atoms with Crippen LogP contribution in [0.5, 0.6) is 11.5 Å². The van der Waals surface area contributed by atoms with Gasteiger partial charge in [0.25, 0.3) is 5.91 Å². The number of nitrogens with two attached hydrogens (primary N) is 3. The molecule has 0 saturated carbocycles. The third-order valence-electron chi connectivity index (χ3n) is 7.95. The monoisotopic (exact) mass is 673 g/mol. The molecule has 14 heteroatoms. The van der Waals surface area contributed by atoms with E-state index >= 15 is 0 Å². The zero-order valence-electron chi connectivity index (χ0n) is 29.3. The number of aryl methyl sites for hydroxylation is 3. The van der Waals surface area contributed by atoms with Gasteiger partial charge in [0, 0.05) is 37.8 Å². The number of hydrogen-bond acceptors (Lipinski definition) is 8. The van der Waals surface area contributed by atoms with Crippen LogP contribution in [0.1, 0.15) is 77.4 Å². The maximum Gasteiger partial charge on any atom is 0.298 e. The molecule has 0 aliphatic carbocycles. The molecule has 0 saturated heterocycles. The first-order valence-electron chi connectivity index (χ1n) is 16.1. The smallest absolute Gasteiger partial charge is 0.298 e. The number of nitrogen functional groups attached to an aromatic ring is 1. The summed E-state index contributed by atoms with van der Waals surface area (Å²) in [7, 11) is 3.25. The van der Waals surface area contributed by atoms with Gasteiger partial charge in [0.1, 0.15) is 28.4 Å². The lowest BCUT2D eigenvalue weighted by Crippen LogP contribution is -2.26. The van der Waals surface area contributed by atoms with Crippen LogP contribution in [0, 0.1) is 12.3 Å². The normalized spacial score (nSPS) is 12.2. The van der Waals surface area contributed by atoms with Gasteiger partial charge in [0.2, 0.25) is 17.4 Å². The van der Waals surface area contributed by atoms with E-state index < -0.39 is 17.7 Å². The Morgan fingerprint density at radius 3 is 2.33 bits per heavy atom. The number of anilines is 2. The molecule has 0 unspecified atom stereocenters. The van der Waals surface area contributed by atoms with E-state index in [1.165, 1.54) is 13.2 Å². The summed E-state index contributed by atoms with van der Waals surface area (Å²) < 4.78 is 16.9. The molecule has 0 atom stereocenters. The molecule has 4 aromatic rings. The standard InChI is InChI=1S/C35H47N9O5/c1-8-44-26(16-21(2)41-44)33(47)40-34-42(6)25-18-23(32(38)46)20-28(48-7)30(25)43(34)14-10-9-13-39-29-24(36)17-22(31(37)45)19-27(29)49-15-11-12-35(3,4)5/h9-10,16-20,39H,8,11-15,36H2,1-7H3,(H2,37,45)(H2,38,46)/b10-9+,40-34+. The number of hydrogen-bond donors (Lipinski definition) is 4. The molecule has 2 aromatic heterocycles. The first-order valence-corrected chi connectivity index (χ1v) is 16.1. The molecule has 262 valence electrons. The SMILES string of the molecule is CCn1nc(C)cc1C(=O)/N=c1\n(C)c2cc(C(N)=O)cc(OC)c2n1C/C=C/CNc1c(N)cc(C(N)=O)cc1OCCCC(C)(C)C. The molecule has 2 aromatic carbocycles. The lowest BCUT2D eigenvalue weighted by molar-refractivity contribution is 0.0980.